The molecule has 0 atom stereocenters. The third-order valence-corrected chi connectivity index (χ3v) is 7.71. The number of nitrogens with zero attached hydrogens (tertiary/aromatic N) is 2. The molecular formula is C21H20FN3O5S2. The fourth-order valence-corrected chi connectivity index (χ4v) is 5.87. The molecule has 11 heteroatoms. The van der Waals surface area contributed by atoms with Crippen LogP contribution in [0.4, 0.5) is 4.39 Å². The lowest BCUT2D eigenvalue weighted by Gasteiger charge is -2.26. The van der Waals surface area contributed by atoms with Crippen molar-refractivity contribution in [3.63, 3.8) is 0 Å². The van der Waals surface area contributed by atoms with E-state index in [9.17, 15) is 17.6 Å². The summed E-state index contributed by atoms with van der Waals surface area (Å²) in [6, 6.07) is 10.5. The molecular weight excluding hydrogens is 457 g/mol. The first-order valence-electron chi connectivity index (χ1n) is 9.76. The Morgan fingerprint density at radius 3 is 2.81 bits per heavy atom. The molecule has 0 radical (unpaired) electrons. The molecule has 1 amide bonds. The highest BCUT2D eigenvalue weighted by Gasteiger charge is 2.31. The van der Waals surface area contributed by atoms with Crippen LogP contribution < -0.4 is 10.1 Å². The van der Waals surface area contributed by atoms with Gasteiger partial charge in [-0.2, -0.15) is 4.31 Å². The van der Waals surface area contributed by atoms with Crippen LogP contribution >= 0.6 is 11.3 Å². The van der Waals surface area contributed by atoms with Crippen molar-refractivity contribution in [3.05, 3.63) is 70.3 Å². The number of hydrogen-bond acceptors (Lipinski definition) is 7. The van der Waals surface area contributed by atoms with Crippen molar-refractivity contribution >= 4 is 27.3 Å². The van der Waals surface area contributed by atoms with E-state index in [0.717, 1.165) is 11.3 Å². The van der Waals surface area contributed by atoms with E-state index in [2.05, 4.69) is 10.3 Å². The third-order valence-electron chi connectivity index (χ3n) is 4.72. The van der Waals surface area contributed by atoms with Gasteiger partial charge in [0.1, 0.15) is 21.3 Å². The lowest BCUT2D eigenvalue weighted by Crippen LogP contribution is -2.41. The summed E-state index contributed by atoms with van der Waals surface area (Å²) in [7, 11) is -3.80. The smallest absolute Gasteiger partial charge is 0.263 e. The van der Waals surface area contributed by atoms with Crippen molar-refractivity contribution in [1.82, 2.24) is 14.6 Å². The molecule has 1 saturated heterocycles. The summed E-state index contributed by atoms with van der Waals surface area (Å²) >= 11 is 1.05. The lowest BCUT2D eigenvalue weighted by molar-refractivity contribution is 0.0730. The van der Waals surface area contributed by atoms with E-state index >= 15 is 0 Å². The molecule has 32 heavy (non-hydrogen) atoms. The van der Waals surface area contributed by atoms with Crippen molar-refractivity contribution in [2.24, 2.45) is 0 Å². The zero-order valence-corrected chi connectivity index (χ0v) is 18.5. The lowest BCUT2D eigenvalue weighted by atomic mass is 10.2. The summed E-state index contributed by atoms with van der Waals surface area (Å²) < 4.78 is 51.6. The Morgan fingerprint density at radius 1 is 1.22 bits per heavy atom. The zero-order valence-electron chi connectivity index (χ0n) is 16.9. The van der Waals surface area contributed by atoms with E-state index in [4.69, 9.17) is 9.47 Å². The van der Waals surface area contributed by atoms with E-state index in [0.29, 0.717) is 18.8 Å². The summed E-state index contributed by atoms with van der Waals surface area (Å²) in [4.78, 5) is 17.1. The largest absolute Gasteiger partial charge is 0.439 e. The monoisotopic (exact) mass is 477 g/mol. The van der Waals surface area contributed by atoms with Gasteiger partial charge in [0.2, 0.25) is 15.9 Å². The average molecular weight is 478 g/mol. The predicted molar refractivity (Wildman–Crippen MR) is 116 cm³/mol. The number of carbonyl (C=O) groups is 1. The second-order valence-electron chi connectivity index (χ2n) is 6.84. The molecule has 1 aromatic carbocycles. The van der Waals surface area contributed by atoms with E-state index in [-0.39, 0.29) is 41.0 Å². The fraction of sp³-hybridized carbons (Fsp3) is 0.238. The van der Waals surface area contributed by atoms with Crippen LogP contribution in [-0.4, -0.2) is 49.9 Å². The number of rotatable bonds is 7. The van der Waals surface area contributed by atoms with E-state index in [1.807, 2.05) is 0 Å². The summed E-state index contributed by atoms with van der Waals surface area (Å²) in [6.07, 6.45) is 1.52. The SMILES string of the molecule is O=C(NCc1cccnc1Oc1cccc(F)c1)c1sccc1S(=O)(=O)N1CCOCC1. The van der Waals surface area contributed by atoms with Gasteiger partial charge < -0.3 is 14.8 Å². The van der Waals surface area contributed by atoms with Crippen LogP contribution in [-0.2, 0) is 21.3 Å². The Hall–Kier alpha value is -2.86. The molecule has 2 aromatic heterocycles. The van der Waals surface area contributed by atoms with Crippen LogP contribution in [0.5, 0.6) is 11.6 Å². The Balaban J connectivity index is 1.48. The molecule has 0 bridgehead atoms. The molecule has 0 unspecified atom stereocenters. The number of hydrogen-bond donors (Lipinski definition) is 1. The Morgan fingerprint density at radius 2 is 2.03 bits per heavy atom. The number of thiophene rings is 1. The first kappa shape index (κ1) is 22.3. The standard InChI is InChI=1S/C21H20FN3O5S2/c22-16-4-1-5-17(13-16)30-21-15(3-2-7-23-21)14-24-20(26)19-18(6-12-31-19)32(27,28)25-8-10-29-11-9-25/h1-7,12-13H,8-11,14H2,(H,24,26). The van der Waals surface area contributed by atoms with Crippen molar-refractivity contribution < 1.29 is 27.1 Å². The van der Waals surface area contributed by atoms with Crippen molar-refractivity contribution in [2.75, 3.05) is 26.3 Å². The average Bonchev–Trinajstić information content (AvgIpc) is 3.30. The van der Waals surface area contributed by atoms with Gasteiger partial charge in [0, 0.05) is 37.5 Å². The quantitative estimate of drug-likeness (QED) is 0.562. The van der Waals surface area contributed by atoms with Gasteiger partial charge >= 0.3 is 0 Å². The van der Waals surface area contributed by atoms with Gasteiger partial charge in [-0.25, -0.2) is 17.8 Å². The van der Waals surface area contributed by atoms with Crippen LogP contribution in [0, 0.1) is 5.82 Å². The number of ether oxygens (including phenoxy) is 2. The number of carbonyl (C=O) groups excluding carboxylic acids is 1. The highest BCUT2D eigenvalue weighted by Crippen LogP contribution is 2.27. The van der Waals surface area contributed by atoms with Gasteiger partial charge in [0.15, 0.2) is 0 Å². The summed E-state index contributed by atoms with van der Waals surface area (Å²) in [6.45, 7) is 1.18. The van der Waals surface area contributed by atoms with E-state index in [1.54, 1.807) is 23.6 Å². The minimum absolute atomic E-state index is 0.0238. The predicted octanol–water partition coefficient (Wildman–Crippen LogP) is 3.03. The maximum Gasteiger partial charge on any atom is 0.263 e. The molecule has 3 heterocycles. The van der Waals surface area contributed by atoms with Crippen LogP contribution in [0.25, 0.3) is 0 Å². The number of pyridine rings is 1. The summed E-state index contributed by atoms with van der Waals surface area (Å²) in [5.74, 6) is -0.480. The molecule has 1 aliphatic heterocycles. The van der Waals surface area contributed by atoms with Crippen LogP contribution in [0.2, 0.25) is 0 Å². The molecule has 0 saturated carbocycles. The normalized spacial score (nSPS) is 14.8. The molecule has 0 spiro atoms. The van der Waals surface area contributed by atoms with E-state index < -0.39 is 21.7 Å². The number of nitrogens with one attached hydrogen (secondary N) is 1. The number of sulfonamides is 1. The number of amides is 1. The minimum atomic E-state index is -3.80. The maximum absolute atomic E-state index is 13.4. The van der Waals surface area contributed by atoms with Gasteiger partial charge in [0.05, 0.1) is 13.2 Å². The van der Waals surface area contributed by atoms with Crippen molar-refractivity contribution in [1.29, 1.82) is 0 Å². The van der Waals surface area contributed by atoms with Crippen molar-refractivity contribution in [2.45, 2.75) is 11.4 Å². The van der Waals surface area contributed by atoms with Crippen LogP contribution in [0.15, 0.2) is 58.9 Å². The molecule has 8 nitrogen and oxygen atoms in total. The second-order valence-corrected chi connectivity index (χ2v) is 9.66. The first-order valence-corrected chi connectivity index (χ1v) is 12.1. The van der Waals surface area contributed by atoms with Crippen LogP contribution in [0.1, 0.15) is 15.2 Å². The minimum Gasteiger partial charge on any atom is -0.439 e. The maximum atomic E-state index is 13.4. The van der Waals surface area contributed by atoms with E-state index in [1.165, 1.54) is 34.8 Å². The summed E-state index contributed by atoms with van der Waals surface area (Å²) in [5.41, 5.74) is 0.555. The van der Waals surface area contributed by atoms with Gasteiger partial charge in [-0.3, -0.25) is 4.79 Å². The number of benzene rings is 1. The number of morpholine rings is 1. The molecule has 4 rings (SSSR count). The number of aromatic nitrogens is 1. The second kappa shape index (κ2) is 9.74. The first-order chi connectivity index (χ1) is 15.4. The Kier molecular flexibility index (Phi) is 6.80. The third kappa shape index (κ3) is 4.96. The van der Waals surface area contributed by atoms with Gasteiger partial charge in [0.25, 0.3) is 5.91 Å². The topological polar surface area (TPSA) is 97.8 Å². The molecule has 1 fully saturated rings. The van der Waals surface area contributed by atoms with Crippen molar-refractivity contribution in [3.8, 4) is 11.6 Å². The van der Waals surface area contributed by atoms with Gasteiger partial charge in [-0.15, -0.1) is 11.3 Å². The highest BCUT2D eigenvalue weighted by molar-refractivity contribution is 7.89. The molecule has 0 aliphatic carbocycles. The van der Waals surface area contributed by atoms with Gasteiger partial charge in [-0.05, 0) is 29.6 Å². The fourth-order valence-electron chi connectivity index (χ4n) is 3.14. The summed E-state index contributed by atoms with van der Waals surface area (Å²) in [5, 5.41) is 4.30. The molecule has 1 N–H and O–H groups in total. The number of halogens is 1. The highest BCUT2D eigenvalue weighted by atomic mass is 32.2. The zero-order chi connectivity index (χ0) is 22.6. The Bertz CT molecular complexity index is 1210. The molecule has 168 valence electrons. The van der Waals surface area contributed by atoms with Gasteiger partial charge in [-0.1, -0.05) is 12.1 Å². The molecule has 3 aromatic rings. The van der Waals surface area contributed by atoms with Crippen LogP contribution in [0.3, 0.4) is 0 Å². The molecule has 1 aliphatic rings. The Labute approximate surface area is 188 Å².